The van der Waals surface area contributed by atoms with E-state index in [1.807, 2.05) is 0 Å². The van der Waals surface area contributed by atoms with E-state index in [4.69, 9.17) is 0 Å². The summed E-state index contributed by atoms with van der Waals surface area (Å²) >= 11 is 0. The largest absolute Gasteiger partial charge is 0.302 e. The molecule has 0 N–H and O–H groups in total. The summed E-state index contributed by atoms with van der Waals surface area (Å²) in [6.07, 6.45) is 1.92. The van der Waals surface area contributed by atoms with Crippen molar-refractivity contribution in [3.8, 4) is 0 Å². The maximum atomic E-state index is 10.9. The number of benzene rings is 1. The first kappa shape index (κ1) is 11.3. The van der Waals surface area contributed by atoms with E-state index in [0.717, 1.165) is 19.6 Å². The van der Waals surface area contributed by atoms with E-state index in [1.54, 1.807) is 6.92 Å². The summed E-state index contributed by atoms with van der Waals surface area (Å²) in [5.74, 6) is 0.955. The highest BCUT2D eigenvalue weighted by atomic mass is 16.1. The molecule has 0 aliphatic carbocycles. The van der Waals surface area contributed by atoms with Crippen molar-refractivity contribution in [3.05, 3.63) is 35.9 Å². The summed E-state index contributed by atoms with van der Waals surface area (Å²) in [7, 11) is 0. The minimum Gasteiger partial charge on any atom is -0.302 e. The Morgan fingerprint density at radius 2 is 2.12 bits per heavy atom. The summed E-state index contributed by atoms with van der Waals surface area (Å²) in [4.78, 5) is 13.3. The zero-order valence-electron chi connectivity index (χ0n) is 9.86. The van der Waals surface area contributed by atoms with Crippen LogP contribution in [0.15, 0.2) is 30.3 Å². The van der Waals surface area contributed by atoms with Crippen molar-refractivity contribution >= 4 is 5.78 Å². The molecule has 16 heavy (non-hydrogen) atoms. The lowest BCUT2D eigenvalue weighted by atomic mass is 9.99. The van der Waals surface area contributed by atoms with Crippen molar-refractivity contribution in [2.24, 2.45) is 0 Å². The fourth-order valence-electron chi connectivity index (χ4n) is 2.35. The number of hydrogen-bond acceptors (Lipinski definition) is 2. The van der Waals surface area contributed by atoms with Crippen LogP contribution in [0.25, 0.3) is 0 Å². The highest BCUT2D eigenvalue weighted by molar-refractivity contribution is 5.75. The molecule has 1 heterocycles. The lowest BCUT2D eigenvalue weighted by molar-refractivity contribution is -0.117. The molecule has 86 valence electrons. The lowest BCUT2D eigenvalue weighted by Crippen LogP contribution is -2.23. The van der Waals surface area contributed by atoms with Gasteiger partial charge < -0.3 is 4.90 Å². The van der Waals surface area contributed by atoms with E-state index >= 15 is 0 Å². The van der Waals surface area contributed by atoms with Gasteiger partial charge >= 0.3 is 0 Å². The molecule has 1 aliphatic rings. The van der Waals surface area contributed by atoms with Crippen LogP contribution in [-0.4, -0.2) is 30.3 Å². The van der Waals surface area contributed by atoms with Crippen LogP contribution < -0.4 is 0 Å². The number of carbonyl (C=O) groups is 1. The van der Waals surface area contributed by atoms with Crippen LogP contribution >= 0.6 is 0 Å². The Labute approximate surface area is 97.3 Å². The van der Waals surface area contributed by atoms with Crippen LogP contribution in [0.4, 0.5) is 0 Å². The van der Waals surface area contributed by atoms with Crippen molar-refractivity contribution in [3.63, 3.8) is 0 Å². The Hall–Kier alpha value is -1.15. The van der Waals surface area contributed by atoms with E-state index < -0.39 is 0 Å². The zero-order valence-corrected chi connectivity index (χ0v) is 9.86. The van der Waals surface area contributed by atoms with Crippen LogP contribution in [0.5, 0.6) is 0 Å². The topological polar surface area (TPSA) is 20.3 Å². The smallest absolute Gasteiger partial charge is 0.131 e. The molecule has 0 bridgehead atoms. The molecule has 2 rings (SSSR count). The van der Waals surface area contributed by atoms with E-state index in [0.29, 0.717) is 18.1 Å². The Morgan fingerprint density at radius 3 is 2.81 bits per heavy atom. The number of likely N-dealkylation sites (tertiary alicyclic amines) is 1. The second-order valence-corrected chi connectivity index (χ2v) is 4.65. The minimum atomic E-state index is 0.295. The van der Waals surface area contributed by atoms with E-state index in [1.165, 1.54) is 12.0 Å². The van der Waals surface area contributed by atoms with Crippen LogP contribution in [0.2, 0.25) is 0 Å². The second-order valence-electron chi connectivity index (χ2n) is 4.65. The van der Waals surface area contributed by atoms with Crippen molar-refractivity contribution in [1.29, 1.82) is 0 Å². The molecule has 1 fully saturated rings. The zero-order chi connectivity index (χ0) is 11.4. The van der Waals surface area contributed by atoms with Gasteiger partial charge in [0.15, 0.2) is 0 Å². The molecule has 0 radical (unpaired) electrons. The number of rotatable bonds is 4. The molecule has 1 unspecified atom stereocenters. The van der Waals surface area contributed by atoms with Crippen molar-refractivity contribution in [2.75, 3.05) is 19.6 Å². The minimum absolute atomic E-state index is 0.295. The Balaban J connectivity index is 1.86. The molecule has 0 saturated carbocycles. The molecule has 1 aromatic carbocycles. The van der Waals surface area contributed by atoms with E-state index in [9.17, 15) is 4.79 Å². The number of hydrogen-bond donors (Lipinski definition) is 0. The normalized spacial score (nSPS) is 21.2. The maximum Gasteiger partial charge on any atom is 0.131 e. The highest BCUT2D eigenvalue weighted by Gasteiger charge is 2.23. The first-order valence-corrected chi connectivity index (χ1v) is 6.02. The van der Waals surface area contributed by atoms with E-state index in [-0.39, 0.29) is 0 Å². The van der Waals surface area contributed by atoms with Crippen LogP contribution in [0.1, 0.15) is 31.2 Å². The lowest BCUT2D eigenvalue weighted by Gasteiger charge is -2.15. The third-order valence-electron chi connectivity index (χ3n) is 3.32. The first-order valence-electron chi connectivity index (χ1n) is 6.02. The van der Waals surface area contributed by atoms with Crippen LogP contribution in [0.3, 0.4) is 0 Å². The predicted molar refractivity (Wildman–Crippen MR) is 65.5 cm³/mol. The molecule has 1 atom stereocenters. The van der Waals surface area contributed by atoms with Gasteiger partial charge in [0.1, 0.15) is 5.78 Å². The molecule has 2 heteroatoms. The fourth-order valence-corrected chi connectivity index (χ4v) is 2.35. The Morgan fingerprint density at radius 1 is 1.38 bits per heavy atom. The molecule has 1 aliphatic heterocycles. The van der Waals surface area contributed by atoms with Gasteiger partial charge in [-0.3, -0.25) is 4.79 Å². The van der Waals surface area contributed by atoms with Crippen LogP contribution in [0, 0.1) is 0 Å². The third kappa shape index (κ3) is 2.92. The molecule has 0 spiro atoms. The summed E-state index contributed by atoms with van der Waals surface area (Å²) in [5, 5.41) is 0. The number of ketones is 1. The van der Waals surface area contributed by atoms with Gasteiger partial charge in [0, 0.05) is 19.5 Å². The molecule has 0 amide bonds. The van der Waals surface area contributed by atoms with Gasteiger partial charge in [-0.2, -0.15) is 0 Å². The Bertz CT molecular complexity index is 347. The molecule has 1 aromatic rings. The summed E-state index contributed by atoms with van der Waals surface area (Å²) in [5.41, 5.74) is 1.44. The fraction of sp³-hybridized carbons (Fsp3) is 0.500. The van der Waals surface area contributed by atoms with Gasteiger partial charge in [0.2, 0.25) is 0 Å². The molecule has 0 aromatic heterocycles. The first-order chi connectivity index (χ1) is 7.75. The number of carbonyl (C=O) groups excluding carboxylic acids is 1. The summed E-state index contributed by atoms with van der Waals surface area (Å²) in [6, 6.07) is 10.7. The van der Waals surface area contributed by atoms with Gasteiger partial charge in [-0.05, 0) is 31.4 Å². The average Bonchev–Trinajstić information content (AvgIpc) is 2.76. The summed E-state index contributed by atoms with van der Waals surface area (Å²) in [6.45, 7) is 4.84. The SMILES string of the molecule is CC(=O)CCN1CCC(c2ccccc2)C1. The highest BCUT2D eigenvalue weighted by Crippen LogP contribution is 2.26. The van der Waals surface area contributed by atoms with Gasteiger partial charge in [0.05, 0.1) is 0 Å². The maximum absolute atomic E-state index is 10.9. The second kappa shape index (κ2) is 5.26. The standard InChI is InChI=1S/C14H19NO/c1-12(16)7-9-15-10-8-14(11-15)13-5-3-2-4-6-13/h2-6,14H,7-11H2,1H3. The third-order valence-corrected chi connectivity index (χ3v) is 3.32. The summed E-state index contributed by atoms with van der Waals surface area (Å²) < 4.78 is 0. The van der Waals surface area contributed by atoms with Gasteiger partial charge in [-0.25, -0.2) is 0 Å². The van der Waals surface area contributed by atoms with Crippen molar-refractivity contribution < 1.29 is 4.79 Å². The van der Waals surface area contributed by atoms with Crippen molar-refractivity contribution in [2.45, 2.75) is 25.7 Å². The predicted octanol–water partition coefficient (Wildman–Crippen LogP) is 2.46. The number of nitrogens with zero attached hydrogens (tertiary/aromatic N) is 1. The average molecular weight is 217 g/mol. The van der Waals surface area contributed by atoms with Crippen molar-refractivity contribution in [1.82, 2.24) is 4.90 Å². The molecule has 1 saturated heterocycles. The monoisotopic (exact) mass is 217 g/mol. The molecule has 2 nitrogen and oxygen atoms in total. The molecular weight excluding hydrogens is 198 g/mol. The van der Waals surface area contributed by atoms with Gasteiger partial charge in [-0.1, -0.05) is 30.3 Å². The van der Waals surface area contributed by atoms with Gasteiger partial charge in [0.25, 0.3) is 0 Å². The van der Waals surface area contributed by atoms with Crippen LogP contribution in [-0.2, 0) is 4.79 Å². The quantitative estimate of drug-likeness (QED) is 0.772. The molecular formula is C14H19NO. The van der Waals surface area contributed by atoms with E-state index in [2.05, 4.69) is 35.2 Å². The Kier molecular flexibility index (Phi) is 3.73. The van der Waals surface area contributed by atoms with Gasteiger partial charge in [-0.15, -0.1) is 0 Å². The number of Topliss-reactive ketones (excluding diaryl/α,β-unsaturated/α-hetero) is 1.